The maximum absolute atomic E-state index is 13.4. The molecule has 6 heteroatoms. The summed E-state index contributed by atoms with van der Waals surface area (Å²) in [6.45, 7) is 6.34. The van der Waals surface area contributed by atoms with E-state index in [1.807, 2.05) is 69.3 Å². The van der Waals surface area contributed by atoms with E-state index < -0.39 is 0 Å². The van der Waals surface area contributed by atoms with E-state index in [0.717, 1.165) is 22.4 Å². The average Bonchev–Trinajstić information content (AvgIpc) is 3.04. The molecule has 6 nitrogen and oxygen atoms in total. The molecule has 2 amide bonds. The first kappa shape index (κ1) is 23.1. The maximum atomic E-state index is 13.4. The molecular formula is C28H28N2O4. The van der Waals surface area contributed by atoms with Crippen molar-refractivity contribution in [3.8, 4) is 11.5 Å². The van der Waals surface area contributed by atoms with E-state index in [-0.39, 0.29) is 30.7 Å². The maximum Gasteiger partial charge on any atom is 0.278 e. The number of ether oxygens (including phenoxy) is 2. The molecule has 0 aromatic heterocycles. The van der Waals surface area contributed by atoms with Crippen LogP contribution in [0.2, 0.25) is 0 Å². The number of benzene rings is 3. The molecule has 0 aliphatic carbocycles. The summed E-state index contributed by atoms with van der Waals surface area (Å²) in [6, 6.07) is 20.7. The highest BCUT2D eigenvalue weighted by Crippen LogP contribution is 2.31. The van der Waals surface area contributed by atoms with Crippen LogP contribution in [0.4, 0.5) is 5.69 Å². The van der Waals surface area contributed by atoms with Crippen LogP contribution in [-0.2, 0) is 9.59 Å². The van der Waals surface area contributed by atoms with E-state index in [9.17, 15) is 9.59 Å². The zero-order valence-corrected chi connectivity index (χ0v) is 19.8. The Balaban J connectivity index is 1.57. The zero-order chi connectivity index (χ0) is 24.2. The molecule has 1 N–H and O–H groups in total. The van der Waals surface area contributed by atoms with Gasteiger partial charge in [-0.05, 0) is 73.9 Å². The van der Waals surface area contributed by atoms with Crippen LogP contribution in [0, 0.1) is 20.8 Å². The molecule has 0 fully saturated rings. The molecule has 3 aromatic carbocycles. The van der Waals surface area contributed by atoms with Crippen LogP contribution in [0.1, 0.15) is 22.3 Å². The van der Waals surface area contributed by atoms with Gasteiger partial charge in [-0.1, -0.05) is 35.9 Å². The minimum absolute atomic E-state index is 0.147. The largest absolute Gasteiger partial charge is 0.497 e. The van der Waals surface area contributed by atoms with E-state index in [1.165, 1.54) is 4.90 Å². The molecule has 3 aromatic rings. The van der Waals surface area contributed by atoms with Crippen molar-refractivity contribution in [3.05, 3.63) is 94.7 Å². The Kier molecular flexibility index (Phi) is 6.68. The Labute approximate surface area is 199 Å². The lowest BCUT2D eigenvalue weighted by Crippen LogP contribution is -2.36. The van der Waals surface area contributed by atoms with E-state index >= 15 is 0 Å². The average molecular weight is 457 g/mol. The highest BCUT2D eigenvalue weighted by Gasteiger charge is 2.39. The van der Waals surface area contributed by atoms with E-state index in [2.05, 4.69) is 11.4 Å². The third-order valence-corrected chi connectivity index (χ3v) is 5.65. The second kappa shape index (κ2) is 9.83. The van der Waals surface area contributed by atoms with Gasteiger partial charge in [-0.2, -0.15) is 0 Å². The van der Waals surface area contributed by atoms with E-state index in [4.69, 9.17) is 9.47 Å². The van der Waals surface area contributed by atoms with Crippen molar-refractivity contribution < 1.29 is 19.1 Å². The number of hydrogen-bond acceptors (Lipinski definition) is 5. The van der Waals surface area contributed by atoms with Gasteiger partial charge in [0.25, 0.3) is 11.8 Å². The predicted molar refractivity (Wildman–Crippen MR) is 133 cm³/mol. The number of methoxy groups -OCH3 is 1. The molecule has 34 heavy (non-hydrogen) atoms. The van der Waals surface area contributed by atoms with Crippen molar-refractivity contribution in [2.75, 3.05) is 25.6 Å². The van der Waals surface area contributed by atoms with E-state index in [0.29, 0.717) is 22.6 Å². The molecule has 0 atom stereocenters. The van der Waals surface area contributed by atoms with Crippen molar-refractivity contribution in [2.45, 2.75) is 20.8 Å². The van der Waals surface area contributed by atoms with Gasteiger partial charge in [0, 0.05) is 5.69 Å². The van der Waals surface area contributed by atoms with Crippen molar-refractivity contribution in [3.63, 3.8) is 0 Å². The van der Waals surface area contributed by atoms with Crippen molar-refractivity contribution in [1.82, 2.24) is 4.90 Å². The first-order valence-corrected chi connectivity index (χ1v) is 11.2. The summed E-state index contributed by atoms with van der Waals surface area (Å²) in [5, 5.41) is 3.16. The van der Waals surface area contributed by atoms with Crippen molar-refractivity contribution in [2.24, 2.45) is 0 Å². The SMILES string of the molecule is COc1ccc(NC2=C(c3ccc(C)cc3)C(=O)N(CCOc3cc(C)cc(C)c3)C2=O)cc1. The minimum Gasteiger partial charge on any atom is -0.497 e. The number of imide groups is 1. The van der Waals surface area contributed by atoms with Gasteiger partial charge in [-0.3, -0.25) is 14.5 Å². The van der Waals surface area contributed by atoms with Gasteiger partial charge in [0.2, 0.25) is 0 Å². The summed E-state index contributed by atoms with van der Waals surface area (Å²) >= 11 is 0. The van der Waals surface area contributed by atoms with Gasteiger partial charge < -0.3 is 14.8 Å². The standard InChI is InChI=1S/C28H28N2O4/c1-18-5-7-21(8-6-18)25-26(29-22-9-11-23(33-4)12-10-22)28(32)30(27(25)31)13-14-34-24-16-19(2)15-20(3)17-24/h5-12,15-17,29H,13-14H2,1-4H3. The van der Waals surface area contributed by atoms with Crippen LogP contribution in [0.3, 0.4) is 0 Å². The zero-order valence-electron chi connectivity index (χ0n) is 19.8. The summed E-state index contributed by atoms with van der Waals surface area (Å²) in [5.41, 5.74) is 5.25. The second-order valence-electron chi connectivity index (χ2n) is 8.40. The fourth-order valence-electron chi connectivity index (χ4n) is 3.97. The fraction of sp³-hybridized carbons (Fsp3) is 0.214. The molecule has 174 valence electrons. The number of aryl methyl sites for hydroxylation is 3. The van der Waals surface area contributed by atoms with Crippen LogP contribution in [0.15, 0.2) is 72.4 Å². The number of hydrogen-bond donors (Lipinski definition) is 1. The lowest BCUT2D eigenvalue weighted by atomic mass is 10.0. The highest BCUT2D eigenvalue weighted by molar-refractivity contribution is 6.36. The lowest BCUT2D eigenvalue weighted by molar-refractivity contribution is -0.137. The Morgan fingerprint density at radius 3 is 2.03 bits per heavy atom. The number of amides is 2. The minimum atomic E-state index is -0.375. The van der Waals surface area contributed by atoms with Gasteiger partial charge in [-0.25, -0.2) is 0 Å². The second-order valence-corrected chi connectivity index (χ2v) is 8.40. The quantitative estimate of drug-likeness (QED) is 0.489. The third kappa shape index (κ3) is 4.96. The molecule has 4 rings (SSSR count). The topological polar surface area (TPSA) is 67.9 Å². The summed E-state index contributed by atoms with van der Waals surface area (Å²) in [6.07, 6.45) is 0. The summed E-state index contributed by atoms with van der Waals surface area (Å²) in [4.78, 5) is 28.0. The van der Waals surface area contributed by atoms with Gasteiger partial charge >= 0.3 is 0 Å². The van der Waals surface area contributed by atoms with Crippen molar-refractivity contribution >= 4 is 23.1 Å². The third-order valence-electron chi connectivity index (χ3n) is 5.65. The monoisotopic (exact) mass is 456 g/mol. The lowest BCUT2D eigenvalue weighted by Gasteiger charge is -2.16. The summed E-state index contributed by atoms with van der Waals surface area (Å²) in [5.74, 6) is 0.714. The highest BCUT2D eigenvalue weighted by atomic mass is 16.5. The first-order valence-electron chi connectivity index (χ1n) is 11.2. The number of carbonyl (C=O) groups excluding carboxylic acids is 2. The molecular weight excluding hydrogens is 428 g/mol. The smallest absolute Gasteiger partial charge is 0.278 e. The molecule has 0 radical (unpaired) electrons. The molecule has 0 saturated heterocycles. The van der Waals surface area contributed by atoms with Crippen LogP contribution in [0.25, 0.3) is 5.57 Å². The van der Waals surface area contributed by atoms with Gasteiger partial charge in [-0.15, -0.1) is 0 Å². The first-order chi connectivity index (χ1) is 16.4. The normalized spacial score (nSPS) is 13.5. The molecule has 0 spiro atoms. The number of nitrogens with zero attached hydrogens (tertiary/aromatic N) is 1. The molecule has 0 bridgehead atoms. The molecule has 1 aliphatic heterocycles. The predicted octanol–water partition coefficient (Wildman–Crippen LogP) is 4.89. The molecule has 0 unspecified atom stereocenters. The summed E-state index contributed by atoms with van der Waals surface area (Å²) in [7, 11) is 1.59. The molecule has 1 heterocycles. The Morgan fingerprint density at radius 1 is 0.765 bits per heavy atom. The van der Waals surface area contributed by atoms with E-state index in [1.54, 1.807) is 19.2 Å². The summed E-state index contributed by atoms with van der Waals surface area (Å²) < 4.78 is 11.1. The van der Waals surface area contributed by atoms with Crippen LogP contribution >= 0.6 is 0 Å². The van der Waals surface area contributed by atoms with Gasteiger partial charge in [0.05, 0.1) is 19.2 Å². The molecule has 0 saturated carbocycles. The van der Waals surface area contributed by atoms with Crippen LogP contribution in [-0.4, -0.2) is 37.0 Å². The Bertz CT molecular complexity index is 1220. The number of rotatable bonds is 8. The number of anilines is 1. The Morgan fingerprint density at radius 2 is 1.41 bits per heavy atom. The van der Waals surface area contributed by atoms with Crippen molar-refractivity contribution in [1.29, 1.82) is 0 Å². The fourth-order valence-corrected chi connectivity index (χ4v) is 3.97. The van der Waals surface area contributed by atoms with Crippen LogP contribution < -0.4 is 14.8 Å². The number of nitrogens with one attached hydrogen (secondary N) is 1. The van der Waals surface area contributed by atoms with Gasteiger partial charge in [0.15, 0.2) is 0 Å². The molecule has 1 aliphatic rings. The Hall–Kier alpha value is -4.06. The number of carbonyl (C=O) groups is 2. The van der Waals surface area contributed by atoms with Crippen LogP contribution in [0.5, 0.6) is 11.5 Å². The van der Waals surface area contributed by atoms with Gasteiger partial charge in [0.1, 0.15) is 23.8 Å².